The van der Waals surface area contributed by atoms with Gasteiger partial charge in [-0.15, -0.1) is 0 Å². The number of epoxide rings is 3. The third-order valence-corrected chi connectivity index (χ3v) is 13.7. The molecule has 3 aromatic rings. The van der Waals surface area contributed by atoms with Gasteiger partial charge in [0.15, 0.2) is 11.7 Å². The van der Waals surface area contributed by atoms with Gasteiger partial charge in [0.2, 0.25) is 0 Å². The van der Waals surface area contributed by atoms with Crippen LogP contribution in [0.2, 0.25) is 5.02 Å². The van der Waals surface area contributed by atoms with E-state index in [2.05, 4.69) is 20.8 Å². The molecule has 4 aliphatic heterocycles. The summed E-state index contributed by atoms with van der Waals surface area (Å²) in [5, 5.41) is 1.27. The van der Waals surface area contributed by atoms with E-state index in [9.17, 15) is 14.4 Å². The van der Waals surface area contributed by atoms with Crippen molar-refractivity contribution >= 4 is 40.3 Å². The number of hydrogen-bond acceptors (Lipinski definition) is 9. The number of benzene rings is 2. The van der Waals surface area contributed by atoms with Crippen molar-refractivity contribution in [1.29, 1.82) is 0 Å². The number of esters is 2. The number of rotatable bonds is 6. The second-order valence-electron chi connectivity index (χ2n) is 15.6. The Morgan fingerprint density at radius 1 is 1.08 bits per heavy atom. The van der Waals surface area contributed by atoms with Crippen LogP contribution in [0.1, 0.15) is 61.6 Å². The maximum absolute atomic E-state index is 14.4. The molecule has 3 saturated heterocycles. The average Bonchev–Trinajstić information content (AvgIpc) is 4.03. The first kappa shape index (κ1) is 31.1. The SMILES string of the molecule is COc1ccc2c(c1)c(CC(=O)OC1C3(C(C)C)OC3C3OC34C3(C)CCC5=C(COC5=O)C3CC3OC314)c(C)n2C(=O)c1ccc(Cl)cc1. The number of aromatic nitrogens is 1. The van der Waals surface area contributed by atoms with Crippen molar-refractivity contribution < 1.29 is 42.8 Å². The lowest BCUT2D eigenvalue weighted by Gasteiger charge is -2.53. The highest BCUT2D eigenvalue weighted by Gasteiger charge is 3.01. The molecule has 7 aliphatic rings. The number of carbonyl (C=O) groups is 3. The molecule has 3 aliphatic carbocycles. The lowest BCUT2D eigenvalue weighted by molar-refractivity contribution is -0.168. The first-order chi connectivity index (χ1) is 23.9. The van der Waals surface area contributed by atoms with Crippen LogP contribution in [0.15, 0.2) is 53.6 Å². The Bertz CT molecular complexity index is 2100. The highest BCUT2D eigenvalue weighted by Crippen LogP contribution is 2.83. The molecule has 0 bridgehead atoms. The minimum Gasteiger partial charge on any atom is -0.497 e. The molecule has 2 aromatic carbocycles. The molecule has 9 unspecified atom stereocenters. The average molecular weight is 700 g/mol. The quantitative estimate of drug-likeness (QED) is 0.242. The number of ether oxygens (including phenoxy) is 6. The van der Waals surface area contributed by atoms with Crippen molar-refractivity contribution in [3.8, 4) is 5.75 Å². The molecule has 10 rings (SSSR count). The van der Waals surface area contributed by atoms with Crippen molar-refractivity contribution in [1.82, 2.24) is 4.57 Å². The molecule has 5 heterocycles. The smallest absolute Gasteiger partial charge is 0.334 e. The zero-order valence-electron chi connectivity index (χ0n) is 28.5. The normalized spacial score (nSPS) is 38.3. The van der Waals surface area contributed by atoms with Crippen molar-refractivity contribution in [2.75, 3.05) is 13.7 Å². The molecule has 0 amide bonds. The molecule has 50 heavy (non-hydrogen) atoms. The van der Waals surface area contributed by atoms with Gasteiger partial charge in [0, 0.05) is 32.7 Å². The topological polar surface area (TPSA) is 121 Å². The van der Waals surface area contributed by atoms with Gasteiger partial charge in [-0.3, -0.25) is 14.2 Å². The van der Waals surface area contributed by atoms with Gasteiger partial charge in [-0.1, -0.05) is 32.4 Å². The summed E-state index contributed by atoms with van der Waals surface area (Å²) in [5.41, 5.74) is 1.72. The van der Waals surface area contributed by atoms with E-state index in [1.165, 1.54) is 0 Å². The Morgan fingerprint density at radius 3 is 2.60 bits per heavy atom. The summed E-state index contributed by atoms with van der Waals surface area (Å²) in [6.07, 6.45) is 0.713. The first-order valence-corrected chi connectivity index (χ1v) is 17.9. The lowest BCUT2D eigenvalue weighted by atomic mass is 9.46. The van der Waals surface area contributed by atoms with Crippen LogP contribution in [-0.2, 0) is 39.7 Å². The summed E-state index contributed by atoms with van der Waals surface area (Å²) in [7, 11) is 1.59. The van der Waals surface area contributed by atoms with E-state index in [0.29, 0.717) is 52.6 Å². The van der Waals surface area contributed by atoms with Crippen LogP contribution in [-0.4, -0.2) is 77.3 Å². The van der Waals surface area contributed by atoms with E-state index >= 15 is 0 Å². The maximum atomic E-state index is 14.4. The van der Waals surface area contributed by atoms with Crippen molar-refractivity contribution in [3.05, 3.63) is 75.5 Å². The molecular formula is C39H38ClNO9. The second-order valence-corrected chi connectivity index (χ2v) is 16.1. The lowest BCUT2D eigenvalue weighted by Crippen LogP contribution is -2.70. The van der Waals surface area contributed by atoms with Crippen LogP contribution in [0.4, 0.5) is 0 Å². The Balaban J connectivity index is 1.02. The van der Waals surface area contributed by atoms with E-state index in [4.69, 9.17) is 40.0 Å². The standard InChI is InChI=1S/C39H38ClNO9/c1-18(2)37-31(49-37)32-39(50-32)36(4)13-12-23-26(17-46-34(23)44)27(36)16-29-38(39,48-29)35(37)47-30(42)15-24-19(3)41(28-11-10-22(45-5)14-25(24)28)33(43)20-6-8-21(40)9-7-20/h6-11,14,18,27,29,31-32,35H,12-13,15-17H2,1-5H3. The van der Waals surface area contributed by atoms with E-state index in [1.54, 1.807) is 42.0 Å². The Labute approximate surface area is 293 Å². The van der Waals surface area contributed by atoms with Gasteiger partial charge >= 0.3 is 11.9 Å². The molecular weight excluding hydrogens is 662 g/mol. The molecule has 260 valence electrons. The Morgan fingerprint density at radius 2 is 1.86 bits per heavy atom. The fraction of sp³-hybridized carbons (Fsp3) is 0.513. The van der Waals surface area contributed by atoms with Crippen LogP contribution in [0.5, 0.6) is 5.75 Å². The summed E-state index contributed by atoms with van der Waals surface area (Å²) in [5.74, 6) is -0.144. The van der Waals surface area contributed by atoms with Crippen molar-refractivity contribution in [2.24, 2.45) is 17.3 Å². The van der Waals surface area contributed by atoms with E-state index in [1.807, 2.05) is 19.1 Å². The van der Waals surface area contributed by atoms with Gasteiger partial charge in [-0.2, -0.15) is 0 Å². The molecule has 9 atom stereocenters. The largest absolute Gasteiger partial charge is 0.497 e. The van der Waals surface area contributed by atoms with Gasteiger partial charge < -0.3 is 28.4 Å². The molecule has 1 aromatic heterocycles. The molecule has 0 radical (unpaired) electrons. The number of fused-ring (bicyclic) bond motifs is 5. The number of halogens is 1. The monoisotopic (exact) mass is 699 g/mol. The fourth-order valence-electron chi connectivity index (χ4n) is 11.0. The Hall–Kier alpha value is -3.70. The number of hydrogen-bond donors (Lipinski definition) is 0. The van der Waals surface area contributed by atoms with E-state index < -0.39 is 28.9 Å². The minimum atomic E-state index is -0.853. The molecule has 2 spiro atoms. The second kappa shape index (κ2) is 9.79. The summed E-state index contributed by atoms with van der Waals surface area (Å²) < 4.78 is 39.6. The summed E-state index contributed by atoms with van der Waals surface area (Å²) >= 11 is 6.11. The predicted octanol–water partition coefficient (Wildman–Crippen LogP) is 5.51. The maximum Gasteiger partial charge on any atom is 0.334 e. The van der Waals surface area contributed by atoms with Crippen LogP contribution >= 0.6 is 11.6 Å². The number of carbonyl (C=O) groups excluding carboxylic acids is 3. The molecule has 0 N–H and O–H groups in total. The predicted molar refractivity (Wildman–Crippen MR) is 179 cm³/mol. The third kappa shape index (κ3) is 3.53. The number of methoxy groups -OCH3 is 1. The van der Waals surface area contributed by atoms with Gasteiger partial charge in [0.1, 0.15) is 35.8 Å². The molecule has 11 heteroatoms. The molecule has 2 saturated carbocycles. The van der Waals surface area contributed by atoms with E-state index in [-0.39, 0.29) is 53.9 Å². The van der Waals surface area contributed by atoms with Gasteiger partial charge in [-0.25, -0.2) is 4.79 Å². The zero-order chi connectivity index (χ0) is 34.7. The number of nitrogens with zero attached hydrogens (tertiary/aromatic N) is 1. The Kier molecular flexibility index (Phi) is 6.08. The van der Waals surface area contributed by atoms with E-state index in [0.717, 1.165) is 23.0 Å². The first-order valence-electron chi connectivity index (χ1n) is 17.5. The van der Waals surface area contributed by atoms with Gasteiger partial charge in [-0.05, 0) is 91.6 Å². The highest BCUT2D eigenvalue weighted by molar-refractivity contribution is 6.30. The fourth-order valence-corrected chi connectivity index (χ4v) is 11.1. The molecule has 5 fully saturated rings. The number of cyclic esters (lactones) is 1. The van der Waals surface area contributed by atoms with Crippen LogP contribution in [0, 0.1) is 24.2 Å². The van der Waals surface area contributed by atoms with Crippen molar-refractivity contribution in [2.45, 2.75) is 94.6 Å². The van der Waals surface area contributed by atoms with Crippen LogP contribution in [0.3, 0.4) is 0 Å². The zero-order valence-corrected chi connectivity index (χ0v) is 29.3. The third-order valence-electron chi connectivity index (χ3n) is 13.5. The van der Waals surface area contributed by atoms with Crippen molar-refractivity contribution in [3.63, 3.8) is 0 Å². The molecule has 10 nitrogen and oxygen atoms in total. The van der Waals surface area contributed by atoms with Crippen LogP contribution in [0.25, 0.3) is 10.9 Å². The highest BCUT2D eigenvalue weighted by atomic mass is 35.5. The van der Waals surface area contributed by atoms with Crippen LogP contribution < -0.4 is 4.74 Å². The minimum absolute atomic E-state index is 0.0312. The summed E-state index contributed by atoms with van der Waals surface area (Å²) in [4.78, 5) is 40.8. The van der Waals surface area contributed by atoms with Gasteiger partial charge in [0.05, 0.1) is 25.2 Å². The summed E-state index contributed by atoms with van der Waals surface area (Å²) in [6, 6.07) is 12.3. The summed E-state index contributed by atoms with van der Waals surface area (Å²) in [6.45, 7) is 8.63. The van der Waals surface area contributed by atoms with Gasteiger partial charge in [0.25, 0.3) is 5.91 Å².